The number of anilines is 1. The van der Waals surface area contributed by atoms with Crippen LogP contribution in [0.25, 0.3) is 11.2 Å². The third kappa shape index (κ3) is 3.74. The van der Waals surface area contributed by atoms with Crippen molar-refractivity contribution in [3.05, 3.63) is 12.2 Å². The largest absolute Gasteiger partial charge is 0.388 e. The number of nitrogens with zero attached hydrogens (tertiary/aromatic N) is 5. The van der Waals surface area contributed by atoms with Crippen LogP contribution in [0.2, 0.25) is 0 Å². The molecule has 0 bridgehead atoms. The number of rotatable bonds is 7. The molecule has 27 heavy (non-hydrogen) atoms. The van der Waals surface area contributed by atoms with Crippen LogP contribution in [0.15, 0.2) is 6.33 Å². The number of imidazole rings is 1. The van der Waals surface area contributed by atoms with Crippen molar-refractivity contribution in [2.75, 3.05) is 25.9 Å². The number of aliphatic hydroxyl groups excluding tert-OH is 3. The van der Waals surface area contributed by atoms with E-state index in [4.69, 9.17) is 16.2 Å². The molecule has 0 aromatic carbocycles. The van der Waals surface area contributed by atoms with Gasteiger partial charge in [-0.3, -0.25) is 9.47 Å². The van der Waals surface area contributed by atoms with E-state index in [1.807, 2.05) is 0 Å². The van der Waals surface area contributed by atoms with E-state index in [9.17, 15) is 15.3 Å². The van der Waals surface area contributed by atoms with Crippen LogP contribution in [-0.4, -0.2) is 84.4 Å². The molecule has 7 N–H and O–H groups in total. The molecule has 1 saturated heterocycles. The van der Waals surface area contributed by atoms with Crippen molar-refractivity contribution >= 4 is 17.0 Å². The molecular weight excluding hydrogens is 354 g/mol. The first-order valence-electron chi connectivity index (χ1n) is 8.90. The summed E-state index contributed by atoms with van der Waals surface area (Å²) in [4.78, 5) is 14.2. The molecule has 3 heterocycles. The molecule has 1 fully saturated rings. The van der Waals surface area contributed by atoms with E-state index in [1.54, 1.807) is 23.4 Å². The Morgan fingerprint density at radius 1 is 1.33 bits per heavy atom. The van der Waals surface area contributed by atoms with Crippen molar-refractivity contribution in [1.82, 2.24) is 24.4 Å². The fourth-order valence-corrected chi connectivity index (χ4v) is 3.35. The molecule has 0 amide bonds. The number of ether oxygens (including phenoxy) is 1. The molecule has 3 rings (SSSR count). The van der Waals surface area contributed by atoms with Gasteiger partial charge in [-0.15, -0.1) is 0 Å². The van der Waals surface area contributed by atoms with Gasteiger partial charge in [0.25, 0.3) is 0 Å². The van der Waals surface area contributed by atoms with Crippen LogP contribution in [-0.2, 0) is 4.74 Å². The number of aryl methyl sites for hydroxylation is 1. The summed E-state index contributed by atoms with van der Waals surface area (Å²) in [6, 6.07) is 0. The van der Waals surface area contributed by atoms with Crippen LogP contribution >= 0.6 is 0 Å². The Kier molecular flexibility index (Phi) is 5.89. The lowest BCUT2D eigenvalue weighted by atomic mass is 10.1. The minimum Gasteiger partial charge on any atom is -0.388 e. The molecule has 0 radical (unpaired) electrons. The second kappa shape index (κ2) is 8.00. The van der Waals surface area contributed by atoms with E-state index in [1.165, 1.54) is 6.33 Å². The quantitative estimate of drug-likeness (QED) is 0.349. The zero-order chi connectivity index (χ0) is 19.7. The van der Waals surface area contributed by atoms with Crippen LogP contribution in [0.3, 0.4) is 0 Å². The van der Waals surface area contributed by atoms with E-state index >= 15 is 0 Å². The number of hydrogen-bond donors (Lipinski definition) is 5. The Balaban J connectivity index is 1.80. The van der Waals surface area contributed by atoms with Crippen LogP contribution in [0.1, 0.15) is 24.9 Å². The molecule has 0 saturated carbocycles. The van der Waals surface area contributed by atoms with Crippen molar-refractivity contribution in [1.29, 1.82) is 0 Å². The highest BCUT2D eigenvalue weighted by Gasteiger charge is 2.45. The smallest absolute Gasteiger partial charge is 0.167 e. The Morgan fingerprint density at radius 3 is 2.78 bits per heavy atom. The van der Waals surface area contributed by atoms with Gasteiger partial charge < -0.3 is 31.5 Å². The summed E-state index contributed by atoms with van der Waals surface area (Å²) in [7, 11) is 1.77. The van der Waals surface area contributed by atoms with E-state index in [0.29, 0.717) is 30.1 Å². The van der Waals surface area contributed by atoms with Crippen LogP contribution in [0.5, 0.6) is 0 Å². The van der Waals surface area contributed by atoms with Crippen LogP contribution in [0.4, 0.5) is 5.82 Å². The van der Waals surface area contributed by atoms with Crippen molar-refractivity contribution in [3.8, 4) is 0 Å². The van der Waals surface area contributed by atoms with Crippen molar-refractivity contribution in [2.45, 2.75) is 50.5 Å². The number of fused-ring (bicyclic) bond motifs is 1. The van der Waals surface area contributed by atoms with Crippen LogP contribution < -0.4 is 11.5 Å². The average molecular weight is 381 g/mol. The molecule has 1 unspecified atom stereocenters. The maximum atomic E-state index is 10.5. The van der Waals surface area contributed by atoms with Gasteiger partial charge in [-0.1, -0.05) is 0 Å². The molecular formula is C16H27N7O4. The normalized spacial score (nSPS) is 26.9. The van der Waals surface area contributed by atoms with Gasteiger partial charge in [0.2, 0.25) is 0 Å². The monoisotopic (exact) mass is 381 g/mol. The summed E-state index contributed by atoms with van der Waals surface area (Å²) in [5.74, 6) is 0.748. The van der Waals surface area contributed by atoms with Crippen molar-refractivity contribution < 1.29 is 20.1 Å². The molecule has 11 heteroatoms. The molecule has 0 spiro atoms. The zero-order valence-corrected chi connectivity index (χ0v) is 15.4. The van der Waals surface area contributed by atoms with Gasteiger partial charge in [-0.05, 0) is 26.9 Å². The van der Waals surface area contributed by atoms with Gasteiger partial charge in [-0.25, -0.2) is 15.0 Å². The Labute approximate surface area is 156 Å². The average Bonchev–Trinajstić information content (AvgIpc) is 3.11. The van der Waals surface area contributed by atoms with E-state index in [0.717, 1.165) is 6.42 Å². The third-order valence-electron chi connectivity index (χ3n) is 4.94. The summed E-state index contributed by atoms with van der Waals surface area (Å²) in [5.41, 5.74) is 12.1. The topological polar surface area (TPSA) is 169 Å². The van der Waals surface area contributed by atoms with Gasteiger partial charge >= 0.3 is 0 Å². The van der Waals surface area contributed by atoms with Crippen LogP contribution in [0, 0.1) is 6.92 Å². The summed E-state index contributed by atoms with van der Waals surface area (Å²) < 4.78 is 7.48. The predicted octanol–water partition coefficient (Wildman–Crippen LogP) is -1.67. The lowest BCUT2D eigenvalue weighted by Crippen LogP contribution is -2.39. The first-order valence-corrected chi connectivity index (χ1v) is 8.90. The molecule has 2 aromatic heterocycles. The molecule has 1 aliphatic heterocycles. The number of aliphatic hydroxyl groups is 3. The summed E-state index contributed by atoms with van der Waals surface area (Å²) >= 11 is 0. The second-order valence-electron chi connectivity index (χ2n) is 6.85. The lowest BCUT2D eigenvalue weighted by molar-refractivity contribution is -0.0742. The maximum absolute atomic E-state index is 10.5. The SMILES string of the molecule is Cc1nc2c(N)ncnc2n1[C@@H]1O[C@H](CC(O)N(C)CCCN)[C@@H](O)[C@H]1O. The standard InChI is InChI=1S/C16H27N7O4/c1-8-21-11-14(18)19-7-20-15(11)23(8)16-13(26)12(25)9(27-16)6-10(24)22(2)5-3-4-17/h7,9-10,12-13,16,24-26H,3-6,17H2,1-2H3,(H2,18,19,20)/t9-,10?,12-,13-,16-/m1/s1. The van der Waals surface area contributed by atoms with E-state index in [-0.39, 0.29) is 12.2 Å². The first kappa shape index (κ1) is 19.9. The number of nitrogens with two attached hydrogens (primary N) is 2. The third-order valence-corrected chi connectivity index (χ3v) is 4.94. The van der Waals surface area contributed by atoms with Gasteiger partial charge in [0.15, 0.2) is 23.2 Å². The molecule has 5 atom stereocenters. The summed E-state index contributed by atoms with van der Waals surface area (Å²) in [6.45, 7) is 2.87. The van der Waals surface area contributed by atoms with Crippen molar-refractivity contribution in [3.63, 3.8) is 0 Å². The minimum absolute atomic E-state index is 0.137. The van der Waals surface area contributed by atoms with Gasteiger partial charge in [0.1, 0.15) is 30.6 Å². The van der Waals surface area contributed by atoms with Gasteiger partial charge in [0, 0.05) is 13.0 Å². The molecule has 1 aliphatic rings. The molecule has 2 aromatic rings. The highest BCUT2D eigenvalue weighted by molar-refractivity contribution is 5.81. The minimum atomic E-state index is -1.20. The Hall–Kier alpha value is -1.89. The zero-order valence-electron chi connectivity index (χ0n) is 15.4. The molecule has 150 valence electrons. The van der Waals surface area contributed by atoms with E-state index in [2.05, 4.69) is 15.0 Å². The summed E-state index contributed by atoms with van der Waals surface area (Å²) in [6.07, 6.45) is -2.66. The van der Waals surface area contributed by atoms with Gasteiger partial charge in [0.05, 0.1) is 6.10 Å². The lowest BCUT2D eigenvalue weighted by Gasteiger charge is -2.26. The summed E-state index contributed by atoms with van der Waals surface area (Å²) in [5, 5.41) is 31.3. The Morgan fingerprint density at radius 2 is 2.07 bits per heavy atom. The number of nitrogen functional groups attached to an aromatic ring is 1. The maximum Gasteiger partial charge on any atom is 0.167 e. The highest BCUT2D eigenvalue weighted by Crippen LogP contribution is 2.35. The fraction of sp³-hybridized carbons (Fsp3) is 0.688. The molecule has 0 aliphatic carbocycles. The number of aromatic nitrogens is 4. The number of hydrogen-bond acceptors (Lipinski definition) is 10. The second-order valence-corrected chi connectivity index (χ2v) is 6.85. The van der Waals surface area contributed by atoms with Gasteiger partial charge in [-0.2, -0.15) is 0 Å². The fourth-order valence-electron chi connectivity index (χ4n) is 3.35. The Bertz CT molecular complexity index is 785. The van der Waals surface area contributed by atoms with Crippen molar-refractivity contribution in [2.24, 2.45) is 5.73 Å². The molecule has 11 nitrogen and oxygen atoms in total. The van der Waals surface area contributed by atoms with E-state index < -0.39 is 30.8 Å². The first-order chi connectivity index (χ1) is 12.8. The predicted molar refractivity (Wildman–Crippen MR) is 97.3 cm³/mol. The highest BCUT2D eigenvalue weighted by atomic mass is 16.6.